The summed E-state index contributed by atoms with van der Waals surface area (Å²) in [5.74, 6) is 1.38. The first kappa shape index (κ1) is 22.8. The van der Waals surface area contributed by atoms with Crippen LogP contribution < -0.4 is 9.47 Å². The number of fused-ring (bicyclic) bond motifs is 2. The molecular formula is C29H24N2O3S2. The number of methoxy groups -OCH3 is 2. The highest BCUT2D eigenvalue weighted by Gasteiger charge is 2.35. The topological polar surface area (TPSA) is 51.7 Å². The van der Waals surface area contributed by atoms with Gasteiger partial charge < -0.3 is 14.4 Å². The Morgan fingerprint density at radius 1 is 0.944 bits per heavy atom. The summed E-state index contributed by atoms with van der Waals surface area (Å²) >= 11 is 3.29. The van der Waals surface area contributed by atoms with E-state index in [4.69, 9.17) is 14.5 Å². The van der Waals surface area contributed by atoms with Gasteiger partial charge in [0.25, 0.3) is 5.91 Å². The number of rotatable bonds is 5. The zero-order valence-electron chi connectivity index (χ0n) is 19.9. The summed E-state index contributed by atoms with van der Waals surface area (Å²) in [6.45, 7) is 0.606. The summed E-state index contributed by atoms with van der Waals surface area (Å²) in [7, 11) is 3.30. The normalized spacial score (nSPS) is 15.1. The molecule has 180 valence electrons. The number of amides is 1. The quantitative estimate of drug-likeness (QED) is 0.259. The third kappa shape index (κ3) is 3.85. The molecule has 7 heteroatoms. The lowest BCUT2D eigenvalue weighted by atomic mass is 9.90. The van der Waals surface area contributed by atoms with Crippen LogP contribution in [0, 0.1) is 0 Å². The molecule has 36 heavy (non-hydrogen) atoms. The first-order valence-corrected chi connectivity index (χ1v) is 13.5. The van der Waals surface area contributed by atoms with Crippen LogP contribution in [0.1, 0.15) is 32.4 Å². The van der Waals surface area contributed by atoms with Crippen LogP contribution in [-0.4, -0.2) is 36.6 Å². The van der Waals surface area contributed by atoms with Gasteiger partial charge in [-0.1, -0.05) is 30.3 Å². The Morgan fingerprint density at radius 3 is 2.47 bits per heavy atom. The first-order valence-electron chi connectivity index (χ1n) is 11.7. The van der Waals surface area contributed by atoms with E-state index in [1.54, 1.807) is 36.9 Å². The van der Waals surface area contributed by atoms with Crippen LogP contribution in [0.15, 0.2) is 77.5 Å². The van der Waals surface area contributed by atoms with E-state index in [1.165, 1.54) is 5.56 Å². The van der Waals surface area contributed by atoms with Crippen LogP contribution in [0.25, 0.3) is 21.5 Å². The van der Waals surface area contributed by atoms with E-state index in [0.29, 0.717) is 23.6 Å². The second kappa shape index (κ2) is 9.41. The average Bonchev–Trinajstić information content (AvgIpc) is 3.65. The SMILES string of the molecule is COc1cc2c(cc1OC)C(c1cccs1)N(C(=O)c1cc(-c3cccs3)nc3ccccc13)CC2. The van der Waals surface area contributed by atoms with Gasteiger partial charge in [0, 0.05) is 16.8 Å². The van der Waals surface area contributed by atoms with Crippen molar-refractivity contribution in [2.24, 2.45) is 0 Å². The van der Waals surface area contributed by atoms with Gasteiger partial charge in [0.05, 0.1) is 41.9 Å². The van der Waals surface area contributed by atoms with Crippen LogP contribution >= 0.6 is 22.7 Å². The molecule has 1 amide bonds. The summed E-state index contributed by atoms with van der Waals surface area (Å²) in [6.07, 6.45) is 0.740. The molecule has 5 aromatic rings. The van der Waals surface area contributed by atoms with Crippen molar-refractivity contribution in [3.05, 3.63) is 99.1 Å². The average molecular weight is 513 g/mol. The van der Waals surface area contributed by atoms with Crippen molar-refractivity contribution >= 4 is 39.5 Å². The standard InChI is InChI=1S/C29H24N2O3S2/c1-33-24-15-18-11-12-31(28(27-10-6-14-36-27)20(18)17-25(24)34-2)29(32)21-16-23(26-9-5-13-35-26)30-22-8-4-3-7-19(21)22/h3-10,13-17,28H,11-12H2,1-2H3. The van der Waals surface area contributed by atoms with E-state index in [2.05, 4.69) is 11.4 Å². The molecule has 0 bridgehead atoms. The number of carbonyl (C=O) groups is 1. The highest BCUT2D eigenvalue weighted by Crippen LogP contribution is 2.43. The maximum atomic E-state index is 14.4. The van der Waals surface area contributed by atoms with Gasteiger partial charge in [0.15, 0.2) is 11.5 Å². The van der Waals surface area contributed by atoms with Gasteiger partial charge in [-0.05, 0) is 64.7 Å². The molecule has 4 heterocycles. The molecule has 0 radical (unpaired) electrons. The Labute approximate surface area is 217 Å². The summed E-state index contributed by atoms with van der Waals surface area (Å²) in [6, 6.07) is 21.9. The van der Waals surface area contributed by atoms with Crippen LogP contribution in [0.5, 0.6) is 11.5 Å². The van der Waals surface area contributed by atoms with Crippen LogP contribution in [0.4, 0.5) is 0 Å². The van der Waals surface area contributed by atoms with E-state index < -0.39 is 0 Å². The number of carbonyl (C=O) groups excluding carboxylic acids is 1. The van der Waals surface area contributed by atoms with Crippen molar-refractivity contribution in [3.8, 4) is 22.1 Å². The lowest BCUT2D eigenvalue weighted by Gasteiger charge is -2.37. The Balaban J connectivity index is 1.51. The highest BCUT2D eigenvalue weighted by molar-refractivity contribution is 7.13. The number of pyridine rings is 1. The number of benzene rings is 2. The number of para-hydroxylation sites is 1. The third-order valence-corrected chi connectivity index (χ3v) is 8.48. The minimum absolute atomic E-state index is 0.00485. The number of nitrogens with zero attached hydrogens (tertiary/aromatic N) is 2. The lowest BCUT2D eigenvalue weighted by molar-refractivity contribution is 0.0699. The number of hydrogen-bond acceptors (Lipinski definition) is 6. The molecule has 3 aromatic heterocycles. The molecule has 1 unspecified atom stereocenters. The predicted molar refractivity (Wildman–Crippen MR) is 146 cm³/mol. The van der Waals surface area contributed by atoms with E-state index >= 15 is 0 Å². The monoisotopic (exact) mass is 512 g/mol. The fourth-order valence-corrected chi connectivity index (χ4v) is 6.52. The fraction of sp³-hybridized carbons (Fsp3) is 0.172. The fourth-order valence-electron chi connectivity index (χ4n) is 4.98. The third-order valence-electron chi connectivity index (χ3n) is 6.67. The van der Waals surface area contributed by atoms with E-state index in [1.807, 2.05) is 70.9 Å². The van der Waals surface area contributed by atoms with Crippen molar-refractivity contribution in [3.63, 3.8) is 0 Å². The molecule has 0 N–H and O–H groups in total. The van der Waals surface area contributed by atoms with E-state index in [0.717, 1.165) is 38.3 Å². The zero-order valence-corrected chi connectivity index (χ0v) is 21.6. The molecule has 6 rings (SSSR count). The van der Waals surface area contributed by atoms with Crippen molar-refractivity contribution in [2.75, 3.05) is 20.8 Å². The second-order valence-corrected chi connectivity index (χ2v) is 10.5. The molecule has 5 nitrogen and oxygen atoms in total. The van der Waals surface area contributed by atoms with Gasteiger partial charge in [0.2, 0.25) is 0 Å². The number of ether oxygens (including phenoxy) is 2. The van der Waals surface area contributed by atoms with Crippen molar-refractivity contribution < 1.29 is 14.3 Å². The summed E-state index contributed by atoms with van der Waals surface area (Å²) in [5, 5.41) is 4.96. The van der Waals surface area contributed by atoms with Gasteiger partial charge in [-0.15, -0.1) is 22.7 Å². The molecule has 0 aliphatic carbocycles. The first-order chi connectivity index (χ1) is 17.7. The molecule has 0 saturated heterocycles. The van der Waals surface area contributed by atoms with Crippen LogP contribution in [-0.2, 0) is 6.42 Å². The molecule has 0 fully saturated rings. The van der Waals surface area contributed by atoms with Gasteiger partial charge in [0.1, 0.15) is 0 Å². The maximum absolute atomic E-state index is 14.4. The van der Waals surface area contributed by atoms with E-state index in [9.17, 15) is 4.79 Å². The summed E-state index contributed by atoms with van der Waals surface area (Å²) in [4.78, 5) is 23.4. The Hall–Kier alpha value is -3.68. The van der Waals surface area contributed by atoms with Crippen molar-refractivity contribution in [2.45, 2.75) is 12.5 Å². The van der Waals surface area contributed by atoms with Crippen LogP contribution in [0.2, 0.25) is 0 Å². The predicted octanol–water partition coefficient (Wildman–Crippen LogP) is 6.83. The van der Waals surface area contributed by atoms with Gasteiger partial charge >= 0.3 is 0 Å². The molecule has 1 atom stereocenters. The molecule has 0 saturated carbocycles. The van der Waals surface area contributed by atoms with Crippen LogP contribution in [0.3, 0.4) is 0 Å². The largest absolute Gasteiger partial charge is 0.493 e. The summed E-state index contributed by atoms with van der Waals surface area (Å²) in [5.41, 5.74) is 4.57. The minimum atomic E-state index is -0.210. The Kier molecular flexibility index (Phi) is 5.95. The second-order valence-electron chi connectivity index (χ2n) is 8.62. The number of hydrogen-bond donors (Lipinski definition) is 0. The number of aromatic nitrogens is 1. The Morgan fingerprint density at radius 2 is 1.72 bits per heavy atom. The molecular weight excluding hydrogens is 488 g/mol. The van der Waals surface area contributed by atoms with Crippen molar-refractivity contribution in [1.82, 2.24) is 9.88 Å². The van der Waals surface area contributed by atoms with Crippen molar-refractivity contribution in [1.29, 1.82) is 0 Å². The smallest absolute Gasteiger partial charge is 0.255 e. The molecule has 1 aliphatic heterocycles. The number of thiophene rings is 2. The summed E-state index contributed by atoms with van der Waals surface area (Å²) < 4.78 is 11.2. The lowest BCUT2D eigenvalue weighted by Crippen LogP contribution is -2.40. The van der Waals surface area contributed by atoms with Gasteiger partial charge in [-0.3, -0.25) is 4.79 Å². The van der Waals surface area contributed by atoms with Gasteiger partial charge in [-0.2, -0.15) is 0 Å². The Bertz CT molecular complexity index is 1540. The molecule has 1 aliphatic rings. The minimum Gasteiger partial charge on any atom is -0.493 e. The zero-order chi connectivity index (χ0) is 24.6. The highest BCUT2D eigenvalue weighted by atomic mass is 32.1. The van der Waals surface area contributed by atoms with Gasteiger partial charge in [-0.25, -0.2) is 4.98 Å². The van der Waals surface area contributed by atoms with E-state index in [-0.39, 0.29) is 11.9 Å². The maximum Gasteiger partial charge on any atom is 0.255 e. The molecule has 0 spiro atoms. The molecule has 2 aromatic carbocycles.